The maximum Gasteiger partial charge on any atom is 0.0552 e. The molecule has 0 aliphatic heterocycles. The number of hydrogen-bond donors (Lipinski definition) is 1. The molecule has 0 unspecified atom stereocenters. The molecule has 0 aromatic heterocycles. The van der Waals surface area contributed by atoms with E-state index in [4.69, 9.17) is 16.7 Å². The van der Waals surface area contributed by atoms with Gasteiger partial charge in [-0.05, 0) is 31.9 Å². The highest BCUT2D eigenvalue weighted by atomic mass is 35.5. The average Bonchev–Trinajstić information content (AvgIpc) is 1.96. The van der Waals surface area contributed by atoms with Gasteiger partial charge in [0.15, 0.2) is 0 Å². The third-order valence-electron chi connectivity index (χ3n) is 1.72. The minimum Gasteiger partial charge on any atom is -0.393 e. The molecule has 0 amide bonds. The van der Waals surface area contributed by atoms with Gasteiger partial charge in [0.2, 0.25) is 0 Å². The summed E-state index contributed by atoms with van der Waals surface area (Å²) in [5.74, 6) is 0. The standard InChI is InChI=1S/C10H13ClO/c1-7-3-4-10(11)9(5-7)6-8(2)12/h3-5,8,12H,6H2,1-2H3/t8-/m0/s1. The molecule has 0 saturated carbocycles. The van der Waals surface area contributed by atoms with E-state index < -0.39 is 0 Å². The molecule has 1 N–H and O–H groups in total. The normalized spacial score (nSPS) is 13.0. The monoisotopic (exact) mass is 184 g/mol. The minimum atomic E-state index is -0.329. The molecule has 12 heavy (non-hydrogen) atoms. The molecule has 1 atom stereocenters. The van der Waals surface area contributed by atoms with Gasteiger partial charge in [0.05, 0.1) is 6.10 Å². The molecule has 0 aliphatic carbocycles. The highest BCUT2D eigenvalue weighted by Gasteiger charge is 2.03. The first kappa shape index (κ1) is 9.56. The summed E-state index contributed by atoms with van der Waals surface area (Å²) >= 11 is 5.93. The molecule has 66 valence electrons. The zero-order chi connectivity index (χ0) is 9.14. The molecule has 0 aliphatic rings. The van der Waals surface area contributed by atoms with Crippen molar-refractivity contribution in [2.75, 3.05) is 0 Å². The summed E-state index contributed by atoms with van der Waals surface area (Å²) in [5.41, 5.74) is 2.20. The predicted molar refractivity (Wildman–Crippen MR) is 51.6 cm³/mol. The number of aliphatic hydroxyl groups is 1. The van der Waals surface area contributed by atoms with E-state index in [1.165, 1.54) is 5.56 Å². The van der Waals surface area contributed by atoms with Gasteiger partial charge >= 0.3 is 0 Å². The van der Waals surface area contributed by atoms with Gasteiger partial charge in [0.1, 0.15) is 0 Å². The Hall–Kier alpha value is -0.530. The molecule has 0 saturated heterocycles. The van der Waals surface area contributed by atoms with Crippen LogP contribution in [0.1, 0.15) is 18.1 Å². The second-order valence-corrected chi connectivity index (χ2v) is 3.56. The Kier molecular flexibility index (Phi) is 3.12. The van der Waals surface area contributed by atoms with Crippen LogP contribution in [0, 0.1) is 6.92 Å². The van der Waals surface area contributed by atoms with Gasteiger partial charge in [0, 0.05) is 5.02 Å². The SMILES string of the molecule is Cc1ccc(Cl)c(C[C@H](C)O)c1. The summed E-state index contributed by atoms with van der Waals surface area (Å²) in [7, 11) is 0. The van der Waals surface area contributed by atoms with Crippen molar-refractivity contribution in [3.8, 4) is 0 Å². The average molecular weight is 185 g/mol. The molecular formula is C10H13ClO. The van der Waals surface area contributed by atoms with Crippen molar-refractivity contribution in [2.24, 2.45) is 0 Å². The Bertz CT molecular complexity index is 269. The molecule has 1 nitrogen and oxygen atoms in total. The maximum absolute atomic E-state index is 9.16. The number of halogens is 1. The summed E-state index contributed by atoms with van der Waals surface area (Å²) in [6.45, 7) is 3.78. The van der Waals surface area contributed by atoms with Crippen LogP contribution in [-0.2, 0) is 6.42 Å². The lowest BCUT2D eigenvalue weighted by Crippen LogP contribution is -2.04. The van der Waals surface area contributed by atoms with Crippen LogP contribution in [0.5, 0.6) is 0 Å². The summed E-state index contributed by atoms with van der Waals surface area (Å²) in [6.07, 6.45) is 0.296. The summed E-state index contributed by atoms with van der Waals surface area (Å²) in [6, 6.07) is 5.84. The first-order valence-electron chi connectivity index (χ1n) is 4.02. The van der Waals surface area contributed by atoms with Crippen LogP contribution in [-0.4, -0.2) is 11.2 Å². The van der Waals surface area contributed by atoms with Gasteiger partial charge in [-0.3, -0.25) is 0 Å². The van der Waals surface area contributed by atoms with Crippen molar-refractivity contribution in [1.29, 1.82) is 0 Å². The van der Waals surface area contributed by atoms with Gasteiger partial charge in [0.25, 0.3) is 0 Å². The third kappa shape index (κ3) is 2.50. The number of hydrogen-bond acceptors (Lipinski definition) is 1. The Morgan fingerprint density at radius 2 is 2.17 bits per heavy atom. The van der Waals surface area contributed by atoms with Crippen LogP contribution in [0.3, 0.4) is 0 Å². The topological polar surface area (TPSA) is 20.2 Å². The van der Waals surface area contributed by atoms with E-state index in [9.17, 15) is 0 Å². The van der Waals surface area contributed by atoms with Crippen LogP contribution >= 0.6 is 11.6 Å². The van der Waals surface area contributed by atoms with Crippen molar-refractivity contribution in [3.05, 3.63) is 34.3 Å². The van der Waals surface area contributed by atoms with Crippen LogP contribution < -0.4 is 0 Å². The largest absolute Gasteiger partial charge is 0.393 e. The maximum atomic E-state index is 9.16. The summed E-state index contributed by atoms with van der Waals surface area (Å²) in [4.78, 5) is 0. The molecule has 0 radical (unpaired) electrons. The van der Waals surface area contributed by atoms with E-state index in [1.54, 1.807) is 6.92 Å². The molecule has 0 spiro atoms. The molecule has 0 fully saturated rings. The van der Waals surface area contributed by atoms with Gasteiger partial charge in [-0.15, -0.1) is 0 Å². The minimum absolute atomic E-state index is 0.329. The second kappa shape index (κ2) is 3.92. The molecule has 1 rings (SSSR count). The fourth-order valence-electron chi connectivity index (χ4n) is 1.18. The van der Waals surface area contributed by atoms with E-state index in [0.717, 1.165) is 10.6 Å². The van der Waals surface area contributed by atoms with Crippen molar-refractivity contribution >= 4 is 11.6 Å². The van der Waals surface area contributed by atoms with Crippen LogP contribution in [0.4, 0.5) is 0 Å². The zero-order valence-corrected chi connectivity index (χ0v) is 8.10. The second-order valence-electron chi connectivity index (χ2n) is 3.15. The summed E-state index contributed by atoms with van der Waals surface area (Å²) in [5, 5.41) is 9.90. The van der Waals surface area contributed by atoms with E-state index in [-0.39, 0.29) is 6.10 Å². The van der Waals surface area contributed by atoms with Crippen molar-refractivity contribution in [3.63, 3.8) is 0 Å². The number of aryl methyl sites for hydroxylation is 1. The molecular weight excluding hydrogens is 172 g/mol. The quantitative estimate of drug-likeness (QED) is 0.749. The van der Waals surface area contributed by atoms with Gasteiger partial charge in [-0.2, -0.15) is 0 Å². The Balaban J connectivity index is 2.90. The zero-order valence-electron chi connectivity index (χ0n) is 7.34. The van der Waals surface area contributed by atoms with Crippen molar-refractivity contribution < 1.29 is 5.11 Å². The van der Waals surface area contributed by atoms with Crippen molar-refractivity contribution in [2.45, 2.75) is 26.4 Å². The molecule has 0 bridgehead atoms. The first-order valence-corrected chi connectivity index (χ1v) is 4.40. The van der Waals surface area contributed by atoms with Crippen LogP contribution in [0.2, 0.25) is 5.02 Å². The highest BCUT2D eigenvalue weighted by Crippen LogP contribution is 2.18. The summed E-state index contributed by atoms with van der Waals surface area (Å²) < 4.78 is 0. The predicted octanol–water partition coefficient (Wildman–Crippen LogP) is 2.57. The van der Waals surface area contributed by atoms with E-state index in [0.29, 0.717) is 6.42 Å². The smallest absolute Gasteiger partial charge is 0.0552 e. The molecule has 0 heterocycles. The number of benzene rings is 1. The van der Waals surface area contributed by atoms with Crippen LogP contribution in [0.15, 0.2) is 18.2 Å². The number of aliphatic hydroxyl groups excluding tert-OH is 1. The Morgan fingerprint density at radius 1 is 1.50 bits per heavy atom. The number of rotatable bonds is 2. The lowest BCUT2D eigenvalue weighted by molar-refractivity contribution is 0.195. The Morgan fingerprint density at radius 3 is 2.75 bits per heavy atom. The van der Waals surface area contributed by atoms with E-state index in [2.05, 4.69) is 0 Å². The fraction of sp³-hybridized carbons (Fsp3) is 0.400. The first-order chi connectivity index (χ1) is 5.59. The lowest BCUT2D eigenvalue weighted by Gasteiger charge is -2.07. The van der Waals surface area contributed by atoms with E-state index in [1.807, 2.05) is 25.1 Å². The Labute approximate surface area is 78.0 Å². The third-order valence-corrected chi connectivity index (χ3v) is 2.09. The molecule has 1 aromatic rings. The molecule has 1 aromatic carbocycles. The van der Waals surface area contributed by atoms with Crippen molar-refractivity contribution in [1.82, 2.24) is 0 Å². The lowest BCUT2D eigenvalue weighted by atomic mass is 10.1. The van der Waals surface area contributed by atoms with Gasteiger partial charge in [-0.1, -0.05) is 29.3 Å². The molecule has 2 heteroatoms. The van der Waals surface area contributed by atoms with Gasteiger partial charge < -0.3 is 5.11 Å². The van der Waals surface area contributed by atoms with Gasteiger partial charge in [-0.25, -0.2) is 0 Å². The fourth-order valence-corrected chi connectivity index (χ4v) is 1.37. The van der Waals surface area contributed by atoms with E-state index >= 15 is 0 Å². The van der Waals surface area contributed by atoms with Crippen LogP contribution in [0.25, 0.3) is 0 Å². The highest BCUT2D eigenvalue weighted by molar-refractivity contribution is 6.31.